The number of anilines is 1. The molecule has 0 saturated carbocycles. The minimum Gasteiger partial charge on any atom is -0.342 e. The van der Waals surface area contributed by atoms with Crippen molar-refractivity contribution in [2.75, 3.05) is 11.4 Å². The van der Waals surface area contributed by atoms with Crippen LogP contribution < -0.4 is 4.90 Å². The highest BCUT2D eigenvalue weighted by atomic mass is 32.2. The molecule has 0 radical (unpaired) electrons. The Morgan fingerprint density at radius 1 is 0.936 bits per heavy atom. The number of hydrogen-bond acceptors (Lipinski definition) is 2. The summed E-state index contributed by atoms with van der Waals surface area (Å²) in [6, 6.07) is 26.3. The lowest BCUT2D eigenvalue weighted by molar-refractivity contribution is 0.607. The van der Waals surface area contributed by atoms with Crippen LogP contribution in [-0.4, -0.2) is 6.54 Å². The molecular weight excluding hydrogens is 587 g/mol. The van der Waals surface area contributed by atoms with Gasteiger partial charge in [0.15, 0.2) is 0 Å². The van der Waals surface area contributed by atoms with Crippen LogP contribution in [-0.2, 0) is 5.41 Å². The molecule has 0 fully saturated rings. The first-order valence-corrected chi connectivity index (χ1v) is 17.8. The molecule has 47 heavy (non-hydrogen) atoms. The van der Waals surface area contributed by atoms with Crippen LogP contribution >= 0.6 is 11.8 Å². The highest BCUT2D eigenvalue weighted by molar-refractivity contribution is 7.99. The number of para-hydroxylation sites is 1. The van der Waals surface area contributed by atoms with Crippen LogP contribution in [0.25, 0.3) is 5.57 Å². The molecule has 0 amide bonds. The van der Waals surface area contributed by atoms with Crippen LogP contribution in [0.15, 0.2) is 148 Å². The average Bonchev–Trinajstić information content (AvgIpc) is 3.34. The number of likely N-dealkylation sites (N-methyl/N-ethyl adjacent to an activating group) is 1. The zero-order valence-corrected chi connectivity index (χ0v) is 30.8. The van der Waals surface area contributed by atoms with Crippen molar-refractivity contribution in [3.63, 3.8) is 0 Å². The van der Waals surface area contributed by atoms with Crippen LogP contribution in [0.5, 0.6) is 0 Å². The van der Waals surface area contributed by atoms with Crippen molar-refractivity contribution in [3.8, 4) is 12.3 Å². The molecule has 1 heterocycles. The van der Waals surface area contributed by atoms with E-state index in [1.54, 1.807) is 6.92 Å². The van der Waals surface area contributed by atoms with E-state index in [9.17, 15) is 0 Å². The number of allylic oxidation sites excluding steroid dienone is 11. The predicted molar refractivity (Wildman–Crippen MR) is 210 cm³/mol. The third kappa shape index (κ3) is 9.00. The van der Waals surface area contributed by atoms with Crippen LogP contribution in [0.1, 0.15) is 85.4 Å². The SMILES string of the molecule is C#CC.C/C=C1/C(C)=CC=CC1C.CC.CCN(C1=CCC=C(c2cccc3c2Sc2ccccc2C3(C)C)C=C1)c1ccccc1. The van der Waals surface area contributed by atoms with Gasteiger partial charge in [-0.2, -0.15) is 0 Å². The summed E-state index contributed by atoms with van der Waals surface area (Å²) >= 11 is 1.92. The number of benzene rings is 3. The Morgan fingerprint density at radius 3 is 2.23 bits per heavy atom. The first kappa shape index (κ1) is 37.3. The van der Waals surface area contributed by atoms with E-state index in [4.69, 9.17) is 0 Å². The Balaban J connectivity index is 0.000000335. The Kier molecular flexibility index (Phi) is 14.5. The van der Waals surface area contributed by atoms with E-state index in [1.807, 2.05) is 25.6 Å². The van der Waals surface area contributed by atoms with Crippen molar-refractivity contribution < 1.29 is 0 Å². The van der Waals surface area contributed by atoms with Gasteiger partial charge in [-0.25, -0.2) is 0 Å². The van der Waals surface area contributed by atoms with E-state index in [0.717, 1.165) is 13.0 Å². The molecule has 244 valence electrons. The van der Waals surface area contributed by atoms with Crippen LogP contribution in [0.2, 0.25) is 0 Å². The molecule has 0 saturated heterocycles. The van der Waals surface area contributed by atoms with Gasteiger partial charge in [0.2, 0.25) is 0 Å². The standard InChI is InChI=1S/C30H29NS.C10H14.C3H4.C2H6/c1-4-31(23-13-6-5-7-14-23)24-15-10-12-22(20-21-24)25-16-11-18-27-29(25)32-28-19-9-8-17-26(28)30(27,2)3;1-4-10-8(2)6-5-7-9(10)3;1-3-2;1-2/h5-9,11-21H,4,10H2,1-3H3;4-8H,1-3H3;1H,2H3;1-2H3/b;10-4+;;. The van der Waals surface area contributed by atoms with E-state index in [-0.39, 0.29) is 5.41 Å². The number of rotatable bonds is 4. The van der Waals surface area contributed by atoms with Gasteiger partial charge in [-0.15, -0.1) is 12.3 Å². The van der Waals surface area contributed by atoms with Gasteiger partial charge in [0, 0.05) is 33.1 Å². The van der Waals surface area contributed by atoms with Crippen LogP contribution in [0.4, 0.5) is 5.69 Å². The molecule has 1 unspecified atom stereocenters. The average molecular weight is 640 g/mol. The summed E-state index contributed by atoms with van der Waals surface area (Å²) in [5, 5.41) is 0. The monoisotopic (exact) mass is 639 g/mol. The third-order valence-electron chi connectivity index (χ3n) is 8.57. The highest BCUT2D eigenvalue weighted by Gasteiger charge is 2.34. The van der Waals surface area contributed by atoms with Gasteiger partial charge in [0.1, 0.15) is 0 Å². The number of hydrogen-bond donors (Lipinski definition) is 0. The predicted octanol–water partition coefficient (Wildman–Crippen LogP) is 13.0. The number of fused-ring (bicyclic) bond motifs is 2. The van der Waals surface area contributed by atoms with E-state index < -0.39 is 0 Å². The summed E-state index contributed by atoms with van der Waals surface area (Å²) in [7, 11) is 0. The van der Waals surface area contributed by atoms with Crippen molar-refractivity contribution in [1.29, 1.82) is 0 Å². The zero-order chi connectivity index (χ0) is 34.4. The molecule has 3 aliphatic rings. The van der Waals surface area contributed by atoms with Gasteiger partial charge in [-0.05, 0) is 97.7 Å². The molecule has 6 rings (SSSR count). The second-order valence-corrected chi connectivity index (χ2v) is 13.0. The van der Waals surface area contributed by atoms with E-state index in [2.05, 4.69) is 180 Å². The molecule has 0 aromatic heterocycles. The Bertz CT molecular complexity index is 1700. The van der Waals surface area contributed by atoms with E-state index in [1.165, 1.54) is 54.6 Å². The topological polar surface area (TPSA) is 3.24 Å². The third-order valence-corrected chi connectivity index (χ3v) is 9.79. The second-order valence-electron chi connectivity index (χ2n) is 11.9. The maximum atomic E-state index is 4.60. The van der Waals surface area contributed by atoms with Crippen molar-refractivity contribution >= 4 is 23.0 Å². The minimum atomic E-state index is -0.00206. The molecule has 1 nitrogen and oxygen atoms in total. The summed E-state index contributed by atoms with van der Waals surface area (Å²) in [5.41, 5.74) is 10.8. The summed E-state index contributed by atoms with van der Waals surface area (Å²) in [6.07, 6.45) is 23.5. The number of terminal acetylenes is 1. The molecule has 0 bridgehead atoms. The fourth-order valence-electron chi connectivity index (χ4n) is 6.25. The largest absolute Gasteiger partial charge is 0.342 e. The molecule has 0 N–H and O–H groups in total. The summed E-state index contributed by atoms with van der Waals surface area (Å²) in [4.78, 5) is 5.14. The maximum absolute atomic E-state index is 4.60. The molecule has 0 spiro atoms. The summed E-state index contributed by atoms with van der Waals surface area (Å²) in [5.74, 6) is 2.86. The van der Waals surface area contributed by atoms with Gasteiger partial charge in [-0.1, -0.05) is 144 Å². The quantitative estimate of drug-likeness (QED) is 0.261. The fraction of sp³-hybridized carbons (Fsp3) is 0.289. The molecule has 3 aromatic rings. The molecule has 1 atom stereocenters. The molecule has 2 aliphatic carbocycles. The normalized spacial score (nSPS) is 17.6. The van der Waals surface area contributed by atoms with Crippen molar-refractivity contribution in [1.82, 2.24) is 0 Å². The second kappa shape index (κ2) is 18.2. The van der Waals surface area contributed by atoms with Crippen LogP contribution in [0.3, 0.4) is 0 Å². The van der Waals surface area contributed by atoms with Gasteiger partial charge in [-0.3, -0.25) is 0 Å². The summed E-state index contributed by atoms with van der Waals surface area (Å²) < 4.78 is 0. The van der Waals surface area contributed by atoms with Crippen molar-refractivity contribution in [2.24, 2.45) is 5.92 Å². The van der Waals surface area contributed by atoms with E-state index in [0.29, 0.717) is 5.92 Å². The van der Waals surface area contributed by atoms with Crippen molar-refractivity contribution in [2.45, 2.75) is 83.9 Å². The fourth-order valence-corrected chi connectivity index (χ4v) is 7.78. The highest BCUT2D eigenvalue weighted by Crippen LogP contribution is 2.51. The number of nitrogens with zero attached hydrogens (tertiary/aromatic N) is 1. The summed E-state index contributed by atoms with van der Waals surface area (Å²) in [6.45, 7) is 20.0. The van der Waals surface area contributed by atoms with Gasteiger partial charge >= 0.3 is 0 Å². The van der Waals surface area contributed by atoms with Gasteiger partial charge in [0.05, 0.1) is 0 Å². The zero-order valence-electron chi connectivity index (χ0n) is 30.0. The first-order chi connectivity index (χ1) is 22.8. The molecule has 1 aliphatic heterocycles. The van der Waals surface area contributed by atoms with Gasteiger partial charge in [0.25, 0.3) is 0 Å². The molecule has 2 heteroatoms. The molecule has 3 aromatic carbocycles. The Labute approximate surface area is 290 Å². The Morgan fingerprint density at radius 2 is 1.60 bits per heavy atom. The maximum Gasteiger partial charge on any atom is 0.0410 e. The van der Waals surface area contributed by atoms with Crippen molar-refractivity contribution in [3.05, 3.63) is 155 Å². The smallest absolute Gasteiger partial charge is 0.0410 e. The lowest BCUT2D eigenvalue weighted by Gasteiger charge is -2.35. The van der Waals surface area contributed by atoms with E-state index >= 15 is 0 Å². The lowest BCUT2D eigenvalue weighted by Crippen LogP contribution is -2.24. The lowest BCUT2D eigenvalue weighted by atomic mass is 9.77. The first-order valence-electron chi connectivity index (χ1n) is 17.0. The van der Waals surface area contributed by atoms with Crippen LogP contribution in [0, 0.1) is 18.3 Å². The minimum absolute atomic E-state index is 0.00206. The van der Waals surface area contributed by atoms with Gasteiger partial charge < -0.3 is 4.90 Å². The Hall–Kier alpha value is -4.19. The molecular formula is C45H53NS.